The molecule has 1 heterocycles. The van der Waals surface area contributed by atoms with Crippen LogP contribution in [0.3, 0.4) is 0 Å². The summed E-state index contributed by atoms with van der Waals surface area (Å²) in [5.41, 5.74) is 1.05. The molecule has 19 heavy (non-hydrogen) atoms. The van der Waals surface area contributed by atoms with Gasteiger partial charge >= 0.3 is 0 Å². The first-order valence-electron chi connectivity index (χ1n) is 6.73. The molecule has 1 unspecified atom stereocenters. The maximum Gasteiger partial charge on any atom is 0.223 e. The zero-order valence-corrected chi connectivity index (χ0v) is 10.7. The van der Waals surface area contributed by atoms with E-state index in [0.29, 0.717) is 0 Å². The normalized spacial score (nSPS) is 16.6. The summed E-state index contributed by atoms with van der Waals surface area (Å²) in [5.74, 6) is 1.09. The van der Waals surface area contributed by atoms with Gasteiger partial charge in [-0.2, -0.15) is 0 Å². The lowest BCUT2D eigenvalue weighted by atomic mass is 9.84. The maximum atomic E-state index is 12.2. The van der Waals surface area contributed by atoms with Gasteiger partial charge in [-0.05, 0) is 30.5 Å². The molecule has 1 atom stereocenters. The molecular weight excluding hydrogens is 238 g/mol. The Morgan fingerprint density at radius 3 is 2.53 bits per heavy atom. The van der Waals surface area contributed by atoms with Gasteiger partial charge in [0.1, 0.15) is 11.8 Å². The van der Waals surface area contributed by atoms with E-state index in [1.54, 1.807) is 6.26 Å². The zero-order valence-electron chi connectivity index (χ0n) is 10.7. The fourth-order valence-corrected chi connectivity index (χ4v) is 2.35. The highest BCUT2D eigenvalue weighted by molar-refractivity contribution is 5.80. The van der Waals surface area contributed by atoms with E-state index in [4.69, 9.17) is 4.42 Å². The highest BCUT2D eigenvalue weighted by atomic mass is 16.3. The minimum absolute atomic E-state index is 0.136. The number of nitrogens with one attached hydrogen (secondary N) is 1. The molecule has 0 saturated heterocycles. The fourth-order valence-electron chi connectivity index (χ4n) is 2.35. The molecule has 1 aliphatic rings. The number of rotatable bonds is 4. The molecule has 0 radical (unpaired) electrons. The first-order valence-corrected chi connectivity index (χ1v) is 6.73. The Labute approximate surface area is 112 Å². The van der Waals surface area contributed by atoms with Crippen molar-refractivity contribution in [3.05, 3.63) is 60.1 Å². The van der Waals surface area contributed by atoms with Crippen LogP contribution in [0.15, 0.2) is 53.1 Å². The summed E-state index contributed by atoms with van der Waals surface area (Å²) in [5, 5.41) is 3.10. The van der Waals surface area contributed by atoms with Crippen molar-refractivity contribution >= 4 is 5.91 Å². The Morgan fingerprint density at radius 1 is 1.16 bits per heavy atom. The number of hydrogen-bond donors (Lipinski definition) is 1. The Hall–Kier alpha value is -2.03. The summed E-state index contributed by atoms with van der Waals surface area (Å²) in [6, 6.07) is 13.5. The summed E-state index contributed by atoms with van der Waals surface area (Å²) in [6.45, 7) is 0. The first-order chi connectivity index (χ1) is 9.34. The molecule has 1 N–H and O–H groups in total. The van der Waals surface area contributed by atoms with Crippen LogP contribution in [0.25, 0.3) is 0 Å². The van der Waals surface area contributed by atoms with Crippen molar-refractivity contribution in [1.82, 2.24) is 5.32 Å². The van der Waals surface area contributed by atoms with Crippen molar-refractivity contribution in [3.63, 3.8) is 0 Å². The number of hydrogen-bond acceptors (Lipinski definition) is 2. The zero-order chi connectivity index (χ0) is 13.1. The molecule has 0 spiro atoms. The number of benzene rings is 1. The summed E-state index contributed by atoms with van der Waals surface area (Å²) >= 11 is 0. The molecule has 1 aromatic heterocycles. The summed E-state index contributed by atoms with van der Waals surface area (Å²) in [4.78, 5) is 12.2. The molecule has 0 aliphatic heterocycles. The van der Waals surface area contributed by atoms with Gasteiger partial charge in [0.15, 0.2) is 0 Å². The Kier molecular flexibility index (Phi) is 3.36. The van der Waals surface area contributed by atoms with Crippen molar-refractivity contribution in [2.45, 2.75) is 25.3 Å². The molecule has 0 bridgehead atoms. The van der Waals surface area contributed by atoms with E-state index in [9.17, 15) is 4.79 Å². The van der Waals surface area contributed by atoms with Gasteiger partial charge in [-0.15, -0.1) is 0 Å². The third kappa shape index (κ3) is 2.55. The van der Waals surface area contributed by atoms with Crippen LogP contribution in [-0.2, 0) is 4.79 Å². The van der Waals surface area contributed by atoms with Crippen LogP contribution in [0.5, 0.6) is 0 Å². The Bertz CT molecular complexity index is 529. The van der Waals surface area contributed by atoms with E-state index < -0.39 is 0 Å². The smallest absolute Gasteiger partial charge is 0.223 e. The van der Waals surface area contributed by atoms with E-state index >= 15 is 0 Å². The lowest BCUT2D eigenvalue weighted by molar-refractivity contribution is -0.128. The van der Waals surface area contributed by atoms with Gasteiger partial charge in [-0.25, -0.2) is 0 Å². The number of furan rings is 1. The minimum atomic E-state index is -0.190. The van der Waals surface area contributed by atoms with Crippen molar-refractivity contribution in [3.8, 4) is 0 Å². The van der Waals surface area contributed by atoms with Crippen LogP contribution in [-0.4, -0.2) is 5.91 Å². The van der Waals surface area contributed by atoms with Crippen LogP contribution in [0.4, 0.5) is 0 Å². The van der Waals surface area contributed by atoms with Gasteiger partial charge in [-0.1, -0.05) is 36.8 Å². The van der Waals surface area contributed by atoms with Gasteiger partial charge in [0.2, 0.25) is 5.91 Å². The Morgan fingerprint density at radius 2 is 1.95 bits per heavy atom. The van der Waals surface area contributed by atoms with Gasteiger partial charge in [0.25, 0.3) is 0 Å². The van der Waals surface area contributed by atoms with Crippen LogP contribution in [0, 0.1) is 5.92 Å². The summed E-state index contributed by atoms with van der Waals surface area (Å²) in [6.07, 6.45) is 4.81. The minimum Gasteiger partial charge on any atom is -0.467 e. The highest BCUT2D eigenvalue weighted by Gasteiger charge is 2.28. The topological polar surface area (TPSA) is 42.2 Å². The van der Waals surface area contributed by atoms with Crippen molar-refractivity contribution in [1.29, 1.82) is 0 Å². The summed E-state index contributed by atoms with van der Waals surface area (Å²) in [7, 11) is 0. The molecular formula is C16H17NO2. The third-order valence-electron chi connectivity index (χ3n) is 3.72. The van der Waals surface area contributed by atoms with Crippen LogP contribution >= 0.6 is 0 Å². The average Bonchev–Trinajstić information content (AvgIpc) is 2.88. The first kappa shape index (κ1) is 12.0. The third-order valence-corrected chi connectivity index (χ3v) is 3.72. The van der Waals surface area contributed by atoms with E-state index in [0.717, 1.165) is 30.6 Å². The van der Waals surface area contributed by atoms with Crippen molar-refractivity contribution in [2.24, 2.45) is 5.92 Å². The van der Waals surface area contributed by atoms with E-state index in [1.807, 2.05) is 42.5 Å². The monoisotopic (exact) mass is 255 g/mol. The molecule has 1 aliphatic carbocycles. The molecule has 1 aromatic carbocycles. The molecule has 3 heteroatoms. The highest BCUT2D eigenvalue weighted by Crippen LogP contribution is 2.29. The van der Waals surface area contributed by atoms with Gasteiger partial charge in [0, 0.05) is 5.92 Å². The predicted molar refractivity (Wildman–Crippen MR) is 72.5 cm³/mol. The maximum absolute atomic E-state index is 12.2. The number of amides is 1. The largest absolute Gasteiger partial charge is 0.467 e. The molecule has 98 valence electrons. The molecule has 3 rings (SSSR count). The van der Waals surface area contributed by atoms with E-state index in [2.05, 4.69) is 5.32 Å². The molecule has 1 fully saturated rings. The molecule has 1 saturated carbocycles. The Balaban J connectivity index is 1.82. The lowest BCUT2D eigenvalue weighted by Gasteiger charge is -2.27. The fraction of sp³-hybridized carbons (Fsp3) is 0.312. The standard InChI is InChI=1S/C16H17NO2/c18-16(13-8-4-9-13)17-15(14-10-5-11-19-14)12-6-2-1-3-7-12/h1-3,5-7,10-11,13,15H,4,8-9H2,(H,17,18). The predicted octanol–water partition coefficient (Wildman–Crippen LogP) is 3.29. The average molecular weight is 255 g/mol. The molecule has 3 nitrogen and oxygen atoms in total. The van der Waals surface area contributed by atoms with Crippen LogP contribution in [0.1, 0.15) is 36.6 Å². The van der Waals surface area contributed by atoms with Gasteiger partial charge < -0.3 is 9.73 Å². The molecule has 1 amide bonds. The van der Waals surface area contributed by atoms with E-state index in [1.165, 1.54) is 0 Å². The van der Waals surface area contributed by atoms with Crippen LogP contribution in [0.2, 0.25) is 0 Å². The van der Waals surface area contributed by atoms with Crippen molar-refractivity contribution < 1.29 is 9.21 Å². The van der Waals surface area contributed by atoms with Crippen molar-refractivity contribution in [2.75, 3.05) is 0 Å². The summed E-state index contributed by atoms with van der Waals surface area (Å²) < 4.78 is 5.47. The van der Waals surface area contributed by atoms with E-state index in [-0.39, 0.29) is 17.9 Å². The quantitative estimate of drug-likeness (QED) is 0.911. The second kappa shape index (κ2) is 5.31. The number of carbonyl (C=O) groups is 1. The number of carbonyl (C=O) groups excluding carboxylic acids is 1. The molecule has 2 aromatic rings. The van der Waals surface area contributed by atoms with Gasteiger partial charge in [-0.3, -0.25) is 4.79 Å². The van der Waals surface area contributed by atoms with Gasteiger partial charge in [0.05, 0.1) is 6.26 Å². The second-order valence-corrected chi connectivity index (χ2v) is 5.00. The second-order valence-electron chi connectivity index (χ2n) is 5.00. The lowest BCUT2D eigenvalue weighted by Crippen LogP contribution is -2.37. The SMILES string of the molecule is O=C(NC(c1ccccc1)c1ccco1)C1CCC1. The van der Waals surface area contributed by atoms with Crippen LogP contribution < -0.4 is 5.32 Å².